The van der Waals surface area contributed by atoms with E-state index in [1.165, 1.54) is 25.7 Å². The van der Waals surface area contributed by atoms with Crippen molar-refractivity contribution < 1.29 is 29.3 Å². The number of hydrogen-bond donors (Lipinski definition) is 3. The molecule has 2 aromatic rings. The molecule has 0 aromatic heterocycles. The molecule has 0 radical (unpaired) electrons. The lowest BCUT2D eigenvalue weighted by Gasteiger charge is -2.39. The SMILES string of the molecule is C=CCN(CC1CC(c2ccc(CO)cc2)OC(c2ccc(NC(=O)CCCCC(=O)O)cc2)O1)C1CCCC1. The Morgan fingerprint density at radius 1 is 0.975 bits per heavy atom. The normalized spacial score (nSPS) is 21.4. The van der Waals surface area contributed by atoms with Crippen LogP contribution in [0.5, 0.6) is 0 Å². The van der Waals surface area contributed by atoms with Gasteiger partial charge in [-0.25, -0.2) is 0 Å². The number of aliphatic hydroxyl groups is 1. The summed E-state index contributed by atoms with van der Waals surface area (Å²) in [6.45, 7) is 5.62. The van der Waals surface area contributed by atoms with Gasteiger partial charge in [0.25, 0.3) is 0 Å². The molecule has 2 aromatic carbocycles. The summed E-state index contributed by atoms with van der Waals surface area (Å²) in [6.07, 6.45) is 8.26. The number of carboxylic acids is 1. The fraction of sp³-hybridized carbons (Fsp3) is 0.500. The minimum absolute atomic E-state index is 0.00326. The summed E-state index contributed by atoms with van der Waals surface area (Å²) >= 11 is 0. The van der Waals surface area contributed by atoms with Crippen LogP contribution in [0.25, 0.3) is 0 Å². The molecule has 1 aliphatic heterocycles. The minimum atomic E-state index is -0.846. The highest BCUT2D eigenvalue weighted by Gasteiger charge is 2.34. The number of unbranched alkanes of at least 4 members (excludes halogenated alkanes) is 1. The molecule has 1 saturated carbocycles. The number of nitrogens with one attached hydrogen (secondary N) is 1. The zero-order valence-corrected chi connectivity index (χ0v) is 23.2. The number of benzene rings is 2. The first-order chi connectivity index (χ1) is 19.4. The van der Waals surface area contributed by atoms with Crippen molar-refractivity contribution in [2.75, 3.05) is 18.4 Å². The van der Waals surface area contributed by atoms with Gasteiger partial charge in [0.2, 0.25) is 5.91 Å². The summed E-state index contributed by atoms with van der Waals surface area (Å²) in [7, 11) is 0. The van der Waals surface area contributed by atoms with E-state index in [-0.39, 0.29) is 37.6 Å². The van der Waals surface area contributed by atoms with E-state index in [1.807, 2.05) is 54.6 Å². The first-order valence-electron chi connectivity index (χ1n) is 14.4. The Bertz CT molecular complexity index is 1100. The van der Waals surface area contributed by atoms with E-state index in [2.05, 4.69) is 16.8 Å². The molecule has 2 fully saturated rings. The first-order valence-corrected chi connectivity index (χ1v) is 14.4. The molecule has 1 amide bonds. The predicted octanol–water partition coefficient (Wildman–Crippen LogP) is 5.74. The molecule has 8 heteroatoms. The summed E-state index contributed by atoms with van der Waals surface area (Å²) in [5, 5.41) is 21.1. The third-order valence-electron chi connectivity index (χ3n) is 7.77. The largest absolute Gasteiger partial charge is 0.481 e. The number of carboxylic acid groups (broad SMARTS) is 1. The Balaban J connectivity index is 1.44. The van der Waals surface area contributed by atoms with Crippen LogP contribution in [0.15, 0.2) is 61.2 Å². The van der Waals surface area contributed by atoms with E-state index in [9.17, 15) is 14.7 Å². The van der Waals surface area contributed by atoms with Gasteiger partial charge in [0, 0.05) is 49.6 Å². The number of ether oxygens (including phenoxy) is 2. The van der Waals surface area contributed by atoms with Crippen molar-refractivity contribution in [1.82, 2.24) is 4.90 Å². The van der Waals surface area contributed by atoms with Gasteiger partial charge in [-0.2, -0.15) is 0 Å². The van der Waals surface area contributed by atoms with Crippen LogP contribution < -0.4 is 5.32 Å². The van der Waals surface area contributed by atoms with Gasteiger partial charge < -0.3 is 25.0 Å². The fourth-order valence-electron chi connectivity index (χ4n) is 5.61. The van der Waals surface area contributed by atoms with Gasteiger partial charge in [0.15, 0.2) is 6.29 Å². The highest BCUT2D eigenvalue weighted by atomic mass is 16.7. The lowest BCUT2D eigenvalue weighted by Crippen LogP contribution is -2.43. The number of amides is 1. The molecule has 4 rings (SSSR count). The van der Waals surface area contributed by atoms with Crippen LogP contribution in [-0.4, -0.2) is 52.2 Å². The molecule has 8 nitrogen and oxygen atoms in total. The van der Waals surface area contributed by atoms with Crippen molar-refractivity contribution in [3.8, 4) is 0 Å². The standard InChI is InChI=1S/C32H42N2O6/c1-2-19-34(27-7-3-4-8-27)21-28-20-29(24-13-11-23(22-35)12-14-24)40-32(39-28)25-15-17-26(18-16-25)33-30(36)9-5-6-10-31(37)38/h2,11-18,27-29,32,35H,1,3-10,19-22H2,(H,33,36)(H,37,38). The fourth-order valence-corrected chi connectivity index (χ4v) is 5.61. The Hall–Kier alpha value is -3.04. The summed E-state index contributed by atoms with van der Waals surface area (Å²) in [5.74, 6) is -0.981. The number of aliphatic carboxylic acids is 1. The molecule has 3 N–H and O–H groups in total. The summed E-state index contributed by atoms with van der Waals surface area (Å²) in [6, 6.07) is 16.0. The van der Waals surface area contributed by atoms with Crippen LogP contribution in [0.4, 0.5) is 5.69 Å². The van der Waals surface area contributed by atoms with Crippen molar-refractivity contribution >= 4 is 17.6 Å². The van der Waals surface area contributed by atoms with Crippen LogP contribution in [-0.2, 0) is 25.7 Å². The van der Waals surface area contributed by atoms with Crippen LogP contribution in [0, 0.1) is 0 Å². The molecular weight excluding hydrogens is 508 g/mol. The minimum Gasteiger partial charge on any atom is -0.481 e. The highest BCUT2D eigenvalue weighted by molar-refractivity contribution is 5.90. The maximum atomic E-state index is 12.3. The van der Waals surface area contributed by atoms with Gasteiger partial charge >= 0.3 is 5.97 Å². The average Bonchev–Trinajstić information content (AvgIpc) is 3.51. The monoisotopic (exact) mass is 550 g/mol. The predicted molar refractivity (Wildman–Crippen MR) is 154 cm³/mol. The lowest BCUT2D eigenvalue weighted by molar-refractivity contribution is -0.253. The van der Waals surface area contributed by atoms with Crippen molar-refractivity contribution in [2.24, 2.45) is 0 Å². The molecule has 0 bridgehead atoms. The molecular formula is C32H42N2O6. The summed E-state index contributed by atoms with van der Waals surface area (Å²) < 4.78 is 13.0. The molecule has 3 unspecified atom stereocenters. The maximum Gasteiger partial charge on any atom is 0.303 e. The van der Waals surface area contributed by atoms with Crippen LogP contribution >= 0.6 is 0 Å². The van der Waals surface area contributed by atoms with Crippen molar-refractivity contribution in [3.05, 3.63) is 77.9 Å². The van der Waals surface area contributed by atoms with Crippen LogP contribution in [0.1, 0.15) is 86.9 Å². The first kappa shape index (κ1) is 29.9. The van der Waals surface area contributed by atoms with E-state index in [0.717, 1.165) is 36.2 Å². The second-order valence-electron chi connectivity index (χ2n) is 10.8. The van der Waals surface area contributed by atoms with Crippen molar-refractivity contribution in [2.45, 2.75) is 88.9 Å². The van der Waals surface area contributed by atoms with Gasteiger partial charge in [-0.1, -0.05) is 55.3 Å². The zero-order chi connectivity index (χ0) is 28.3. The topological polar surface area (TPSA) is 108 Å². The number of hydrogen-bond acceptors (Lipinski definition) is 6. The van der Waals surface area contributed by atoms with Gasteiger partial charge in [0.1, 0.15) is 0 Å². The number of rotatable bonds is 14. The van der Waals surface area contributed by atoms with E-state index >= 15 is 0 Å². The second-order valence-corrected chi connectivity index (χ2v) is 10.8. The Morgan fingerprint density at radius 2 is 1.65 bits per heavy atom. The third kappa shape index (κ3) is 8.73. The van der Waals surface area contributed by atoms with Crippen molar-refractivity contribution in [3.63, 3.8) is 0 Å². The van der Waals surface area contributed by atoms with Gasteiger partial charge in [-0.05, 0) is 48.9 Å². The van der Waals surface area contributed by atoms with E-state index in [4.69, 9.17) is 14.6 Å². The third-order valence-corrected chi connectivity index (χ3v) is 7.77. The van der Waals surface area contributed by atoms with E-state index < -0.39 is 12.3 Å². The summed E-state index contributed by atoms with van der Waals surface area (Å²) in [4.78, 5) is 25.4. The molecule has 1 aliphatic carbocycles. The maximum absolute atomic E-state index is 12.3. The number of carbonyl (C=O) groups excluding carboxylic acids is 1. The average molecular weight is 551 g/mol. The van der Waals surface area contributed by atoms with E-state index in [0.29, 0.717) is 24.6 Å². The lowest BCUT2D eigenvalue weighted by atomic mass is 9.99. The number of anilines is 1. The number of nitrogens with zero attached hydrogens (tertiary/aromatic N) is 1. The Kier molecular flexibility index (Phi) is 11.3. The van der Waals surface area contributed by atoms with Gasteiger partial charge in [-0.3, -0.25) is 14.5 Å². The molecule has 3 atom stereocenters. The Morgan fingerprint density at radius 3 is 2.30 bits per heavy atom. The number of carbonyl (C=O) groups is 2. The van der Waals surface area contributed by atoms with Crippen molar-refractivity contribution in [1.29, 1.82) is 0 Å². The second kappa shape index (κ2) is 15.1. The molecule has 0 spiro atoms. The molecule has 1 heterocycles. The Labute approximate surface area is 237 Å². The molecule has 2 aliphatic rings. The smallest absolute Gasteiger partial charge is 0.303 e. The van der Waals surface area contributed by atoms with E-state index in [1.54, 1.807) is 0 Å². The van der Waals surface area contributed by atoms with Gasteiger partial charge in [-0.15, -0.1) is 6.58 Å². The van der Waals surface area contributed by atoms with Crippen LogP contribution in [0.3, 0.4) is 0 Å². The quantitative estimate of drug-likeness (QED) is 0.203. The molecule has 216 valence electrons. The van der Waals surface area contributed by atoms with Crippen LogP contribution in [0.2, 0.25) is 0 Å². The highest BCUT2D eigenvalue weighted by Crippen LogP contribution is 2.39. The molecule has 1 saturated heterocycles. The summed E-state index contributed by atoms with van der Waals surface area (Å²) in [5.41, 5.74) is 3.46. The molecule has 40 heavy (non-hydrogen) atoms. The van der Waals surface area contributed by atoms with Gasteiger partial charge in [0.05, 0.1) is 18.8 Å². The number of aliphatic hydroxyl groups excluding tert-OH is 1. The zero-order valence-electron chi connectivity index (χ0n) is 23.2.